The fourth-order valence-corrected chi connectivity index (χ4v) is 1.82. The Labute approximate surface area is 97.7 Å². The molecule has 0 radical (unpaired) electrons. The second kappa shape index (κ2) is 3.80. The number of hydrogen-bond acceptors (Lipinski definition) is 2. The molecule has 1 saturated carbocycles. The van der Waals surface area contributed by atoms with Crippen LogP contribution in [0.4, 0.5) is 4.39 Å². The van der Waals surface area contributed by atoms with Crippen LogP contribution in [0.1, 0.15) is 23.2 Å². The molecule has 17 heavy (non-hydrogen) atoms. The van der Waals surface area contributed by atoms with Gasteiger partial charge in [-0.05, 0) is 31.0 Å². The van der Waals surface area contributed by atoms with Crippen molar-refractivity contribution in [3.05, 3.63) is 41.8 Å². The molecule has 3 rings (SSSR count). The number of carbonyl (C=O) groups excluding carboxylic acids is 1. The van der Waals surface area contributed by atoms with Gasteiger partial charge in [0.15, 0.2) is 0 Å². The molecule has 1 aromatic carbocycles. The Kier molecular flexibility index (Phi) is 2.28. The maximum absolute atomic E-state index is 13.4. The monoisotopic (exact) mass is 230 g/mol. The number of halogens is 1. The number of hydrogen-bond donors (Lipinski definition) is 1. The van der Waals surface area contributed by atoms with E-state index in [1.807, 2.05) is 0 Å². The summed E-state index contributed by atoms with van der Waals surface area (Å²) in [6.07, 6.45) is 3.62. The van der Waals surface area contributed by atoms with E-state index < -0.39 is 5.82 Å². The normalized spacial score (nSPS) is 14.9. The van der Waals surface area contributed by atoms with Gasteiger partial charge in [0.1, 0.15) is 5.82 Å². The molecule has 0 bridgehead atoms. The van der Waals surface area contributed by atoms with Crippen LogP contribution in [0.15, 0.2) is 30.5 Å². The van der Waals surface area contributed by atoms with Crippen LogP contribution in [-0.4, -0.2) is 16.9 Å². The average molecular weight is 230 g/mol. The summed E-state index contributed by atoms with van der Waals surface area (Å²) >= 11 is 0. The smallest absolute Gasteiger partial charge is 0.253 e. The number of pyridine rings is 1. The highest BCUT2D eigenvalue weighted by molar-refractivity contribution is 6.05. The van der Waals surface area contributed by atoms with Gasteiger partial charge in [0, 0.05) is 17.6 Å². The number of rotatable bonds is 2. The predicted octanol–water partition coefficient (Wildman–Crippen LogP) is 2.27. The lowest BCUT2D eigenvalue weighted by Gasteiger charge is -2.06. The van der Waals surface area contributed by atoms with Crippen molar-refractivity contribution in [3.63, 3.8) is 0 Å². The number of nitrogens with zero attached hydrogens (tertiary/aromatic N) is 1. The largest absolute Gasteiger partial charge is 0.349 e. The molecule has 1 fully saturated rings. The molecule has 1 aliphatic rings. The van der Waals surface area contributed by atoms with Crippen molar-refractivity contribution >= 4 is 16.8 Å². The van der Waals surface area contributed by atoms with E-state index in [2.05, 4.69) is 10.3 Å². The zero-order chi connectivity index (χ0) is 11.8. The molecule has 4 heteroatoms. The second-order valence-corrected chi connectivity index (χ2v) is 4.28. The number of aromatic nitrogens is 1. The minimum atomic E-state index is -0.411. The topological polar surface area (TPSA) is 42.0 Å². The van der Waals surface area contributed by atoms with Crippen molar-refractivity contribution in [1.82, 2.24) is 10.3 Å². The van der Waals surface area contributed by atoms with E-state index in [-0.39, 0.29) is 11.9 Å². The summed E-state index contributed by atoms with van der Waals surface area (Å²) in [5.41, 5.74) is 0.861. The van der Waals surface area contributed by atoms with E-state index in [1.54, 1.807) is 18.3 Å². The minimum Gasteiger partial charge on any atom is -0.349 e. The van der Waals surface area contributed by atoms with Gasteiger partial charge in [0.05, 0.1) is 11.1 Å². The molecule has 0 unspecified atom stereocenters. The summed E-state index contributed by atoms with van der Waals surface area (Å²) in [7, 11) is 0. The maximum atomic E-state index is 13.4. The Balaban J connectivity index is 2.09. The number of fused-ring (bicyclic) bond motifs is 1. The Morgan fingerprint density at radius 1 is 1.41 bits per heavy atom. The lowest BCUT2D eigenvalue weighted by atomic mass is 10.1. The highest BCUT2D eigenvalue weighted by Gasteiger charge is 2.25. The molecule has 3 nitrogen and oxygen atoms in total. The van der Waals surface area contributed by atoms with Crippen LogP contribution >= 0.6 is 0 Å². The number of carbonyl (C=O) groups is 1. The number of benzene rings is 1. The summed E-state index contributed by atoms with van der Waals surface area (Å²) in [5, 5.41) is 3.49. The highest BCUT2D eigenvalue weighted by Crippen LogP contribution is 2.22. The third kappa shape index (κ3) is 1.98. The van der Waals surface area contributed by atoms with Crippen LogP contribution < -0.4 is 5.32 Å². The lowest BCUT2D eigenvalue weighted by Crippen LogP contribution is -2.25. The molecular formula is C13H11FN2O. The average Bonchev–Trinajstić information content (AvgIpc) is 3.11. The highest BCUT2D eigenvalue weighted by atomic mass is 19.1. The van der Waals surface area contributed by atoms with E-state index in [9.17, 15) is 9.18 Å². The number of amides is 1. The molecule has 0 atom stereocenters. The first-order chi connectivity index (χ1) is 8.24. The van der Waals surface area contributed by atoms with Gasteiger partial charge in [-0.25, -0.2) is 4.39 Å². The molecule has 0 aliphatic heterocycles. The summed E-state index contributed by atoms with van der Waals surface area (Å²) in [4.78, 5) is 16.1. The standard InChI is InChI=1S/C13H11FN2O/c14-9-6-8-2-1-5-15-12(8)11(7-9)13(17)16-10-3-4-10/h1-2,5-7,10H,3-4H2,(H,16,17). The van der Waals surface area contributed by atoms with E-state index in [1.165, 1.54) is 12.1 Å². The molecule has 2 aromatic rings. The molecule has 1 N–H and O–H groups in total. The molecule has 1 amide bonds. The number of nitrogens with one attached hydrogen (secondary N) is 1. The van der Waals surface area contributed by atoms with Crippen molar-refractivity contribution in [3.8, 4) is 0 Å². The summed E-state index contributed by atoms with van der Waals surface area (Å²) in [6.45, 7) is 0. The van der Waals surface area contributed by atoms with Crippen LogP contribution in [-0.2, 0) is 0 Å². The Bertz CT molecular complexity index is 593. The molecule has 0 saturated heterocycles. The van der Waals surface area contributed by atoms with Crippen LogP contribution in [0.3, 0.4) is 0 Å². The van der Waals surface area contributed by atoms with Gasteiger partial charge in [-0.2, -0.15) is 0 Å². The van der Waals surface area contributed by atoms with Crippen molar-refractivity contribution in [2.75, 3.05) is 0 Å². The summed E-state index contributed by atoms with van der Waals surface area (Å²) in [5.74, 6) is -0.651. The summed E-state index contributed by atoms with van der Waals surface area (Å²) in [6, 6.07) is 6.36. The minimum absolute atomic E-state index is 0.240. The molecule has 1 aliphatic carbocycles. The van der Waals surface area contributed by atoms with Crippen molar-refractivity contribution < 1.29 is 9.18 Å². The first-order valence-electron chi connectivity index (χ1n) is 5.59. The second-order valence-electron chi connectivity index (χ2n) is 4.28. The van der Waals surface area contributed by atoms with Gasteiger partial charge in [-0.15, -0.1) is 0 Å². The van der Waals surface area contributed by atoms with Gasteiger partial charge >= 0.3 is 0 Å². The quantitative estimate of drug-likeness (QED) is 0.859. The first-order valence-corrected chi connectivity index (χ1v) is 5.59. The summed E-state index contributed by atoms with van der Waals surface area (Å²) < 4.78 is 13.4. The SMILES string of the molecule is O=C(NC1CC1)c1cc(F)cc2cccnc12. The fourth-order valence-electron chi connectivity index (χ4n) is 1.82. The zero-order valence-electron chi connectivity index (χ0n) is 9.11. The van der Waals surface area contributed by atoms with Gasteiger partial charge in [-0.3, -0.25) is 9.78 Å². The van der Waals surface area contributed by atoms with E-state index in [0.29, 0.717) is 16.5 Å². The molecule has 1 aromatic heterocycles. The lowest BCUT2D eigenvalue weighted by molar-refractivity contribution is 0.0952. The van der Waals surface area contributed by atoms with Crippen LogP contribution in [0, 0.1) is 5.82 Å². The van der Waals surface area contributed by atoms with Crippen molar-refractivity contribution in [2.24, 2.45) is 0 Å². The van der Waals surface area contributed by atoms with Gasteiger partial charge in [0.2, 0.25) is 0 Å². The fraction of sp³-hybridized carbons (Fsp3) is 0.231. The predicted molar refractivity (Wildman–Crippen MR) is 62.2 cm³/mol. The van der Waals surface area contributed by atoms with Crippen molar-refractivity contribution in [2.45, 2.75) is 18.9 Å². The van der Waals surface area contributed by atoms with Crippen LogP contribution in [0.5, 0.6) is 0 Å². The van der Waals surface area contributed by atoms with E-state index >= 15 is 0 Å². The first kappa shape index (κ1) is 10.2. The third-order valence-corrected chi connectivity index (χ3v) is 2.83. The molecule has 86 valence electrons. The van der Waals surface area contributed by atoms with E-state index in [0.717, 1.165) is 12.8 Å². The van der Waals surface area contributed by atoms with Gasteiger partial charge < -0.3 is 5.32 Å². The Hall–Kier alpha value is -1.97. The van der Waals surface area contributed by atoms with Crippen LogP contribution in [0.2, 0.25) is 0 Å². The zero-order valence-corrected chi connectivity index (χ0v) is 9.11. The third-order valence-electron chi connectivity index (χ3n) is 2.83. The van der Waals surface area contributed by atoms with Crippen LogP contribution in [0.25, 0.3) is 10.9 Å². The van der Waals surface area contributed by atoms with Gasteiger partial charge in [0.25, 0.3) is 5.91 Å². The molecule has 1 heterocycles. The van der Waals surface area contributed by atoms with Crippen molar-refractivity contribution in [1.29, 1.82) is 0 Å². The molecule has 0 spiro atoms. The molecular weight excluding hydrogens is 219 g/mol. The Morgan fingerprint density at radius 3 is 3.00 bits per heavy atom. The Morgan fingerprint density at radius 2 is 2.24 bits per heavy atom. The maximum Gasteiger partial charge on any atom is 0.253 e. The van der Waals surface area contributed by atoms with E-state index in [4.69, 9.17) is 0 Å². The van der Waals surface area contributed by atoms with Gasteiger partial charge in [-0.1, -0.05) is 6.07 Å².